The minimum Gasteiger partial charge on any atom is -0.869 e. The molecule has 0 unspecified atom stereocenters. The number of hydrogen-bond donors (Lipinski definition) is 2. The second-order valence-corrected chi connectivity index (χ2v) is 16.8. The zero-order valence-corrected chi connectivity index (χ0v) is 37.3. The number of para-hydroxylation sites is 2. The molecule has 0 fully saturated rings. The molecular weight excluding hydrogens is 793 g/mol. The third-order valence-electron chi connectivity index (χ3n) is 9.34. The molecule has 0 saturated heterocycles. The topological polar surface area (TPSA) is 173 Å². The maximum Gasteiger partial charge on any atom is 2.00 e. The monoisotopic (exact) mass is 850 g/mol. The van der Waals surface area contributed by atoms with Crippen LogP contribution in [0.5, 0.6) is 34.5 Å². The van der Waals surface area contributed by atoms with Crippen molar-refractivity contribution in [1.82, 2.24) is 0 Å². The van der Waals surface area contributed by atoms with Gasteiger partial charge in [0.25, 0.3) is 10.1 Å². The quantitative estimate of drug-likeness (QED) is 0.0392. The first-order valence-corrected chi connectivity index (χ1v) is 22.8. The van der Waals surface area contributed by atoms with Crippen LogP contribution < -0.4 is 14.6 Å². The summed E-state index contributed by atoms with van der Waals surface area (Å²) in [6.45, 7) is 4.45. The van der Waals surface area contributed by atoms with Crippen molar-refractivity contribution in [3.63, 3.8) is 0 Å². The molecule has 0 saturated carbocycles. The van der Waals surface area contributed by atoms with E-state index >= 15 is 0 Å². The second-order valence-electron chi connectivity index (χ2n) is 14.1. The number of rotatable bonds is 24. The van der Waals surface area contributed by atoms with E-state index in [-0.39, 0.29) is 49.2 Å². The Labute approximate surface area is 370 Å². The minimum atomic E-state index is -4.82. The molecule has 10 nitrogen and oxygen atoms in total. The van der Waals surface area contributed by atoms with Crippen molar-refractivity contribution in [2.24, 2.45) is 0 Å². The fraction of sp³-hybridized carbons (Fsp3) is 0.455. The van der Waals surface area contributed by atoms with Gasteiger partial charge in [0.1, 0.15) is 32.3 Å². The number of unbranched alkanes of at least 4 members (excludes halogenated alkanes) is 14. The molecule has 0 radical (unpaired) electrons. The van der Waals surface area contributed by atoms with Gasteiger partial charge in [-0.1, -0.05) is 140 Å². The van der Waals surface area contributed by atoms with Crippen LogP contribution in [0.3, 0.4) is 0 Å². The van der Waals surface area contributed by atoms with Crippen LogP contribution in [-0.4, -0.2) is 68.8 Å². The van der Waals surface area contributed by atoms with Gasteiger partial charge in [-0.15, -0.1) is 0 Å². The normalized spacial score (nSPS) is 11.3. The first kappa shape index (κ1) is 50.3. The van der Waals surface area contributed by atoms with E-state index in [1.165, 1.54) is 114 Å². The summed E-state index contributed by atoms with van der Waals surface area (Å²) < 4.78 is 76.4. The average molecular weight is 851 g/mol. The van der Waals surface area contributed by atoms with E-state index < -0.39 is 41.5 Å². The SMILES string of the molecule is CCCCCCCCCCc1cccc(Oc2cccc(S(=O)(=O)O)c2O)c1.CCCCCCCCCCc1cccc(Oc2cccc(S(=O)(=O)[O-])c2[O-])c1.[Ca+2]. The largest absolute Gasteiger partial charge is 2.00 e. The molecule has 0 aliphatic rings. The van der Waals surface area contributed by atoms with Crippen molar-refractivity contribution in [1.29, 1.82) is 0 Å². The number of aryl methyl sites for hydroxylation is 2. The van der Waals surface area contributed by atoms with Crippen molar-refractivity contribution in [2.45, 2.75) is 139 Å². The molecule has 2 N–H and O–H groups in total. The van der Waals surface area contributed by atoms with Gasteiger partial charge in [-0.25, -0.2) is 8.42 Å². The van der Waals surface area contributed by atoms with E-state index in [2.05, 4.69) is 13.8 Å². The predicted octanol–water partition coefficient (Wildman–Crippen LogP) is 10.9. The number of aromatic hydroxyl groups is 1. The summed E-state index contributed by atoms with van der Waals surface area (Å²) in [6.07, 6.45) is 22.0. The van der Waals surface area contributed by atoms with E-state index in [0.717, 1.165) is 48.9 Å². The zero-order chi connectivity index (χ0) is 40.8. The van der Waals surface area contributed by atoms with Crippen LogP contribution in [-0.2, 0) is 33.1 Å². The molecular formula is C44H58CaO10S2. The van der Waals surface area contributed by atoms with Crippen LogP contribution >= 0.6 is 0 Å². The summed E-state index contributed by atoms with van der Waals surface area (Å²) in [7, 11) is -9.34. The Hall–Kier alpha value is -2.84. The molecule has 0 amide bonds. The summed E-state index contributed by atoms with van der Waals surface area (Å²) in [6, 6.07) is 22.6. The van der Waals surface area contributed by atoms with E-state index in [0.29, 0.717) is 11.5 Å². The Morgan fingerprint density at radius 1 is 0.544 bits per heavy atom. The summed E-state index contributed by atoms with van der Waals surface area (Å²) in [5, 5.41) is 22.2. The van der Waals surface area contributed by atoms with Crippen molar-refractivity contribution in [3.05, 3.63) is 96.1 Å². The Bertz CT molecular complexity index is 1840. The first-order valence-electron chi connectivity index (χ1n) is 19.9. The van der Waals surface area contributed by atoms with Crippen molar-refractivity contribution in [3.8, 4) is 34.5 Å². The second kappa shape index (κ2) is 27.0. The fourth-order valence-corrected chi connectivity index (χ4v) is 7.44. The minimum absolute atomic E-state index is 0. The maximum absolute atomic E-state index is 12.1. The summed E-state index contributed by atoms with van der Waals surface area (Å²) >= 11 is 0. The van der Waals surface area contributed by atoms with Crippen LogP contribution in [0.2, 0.25) is 0 Å². The summed E-state index contributed by atoms with van der Waals surface area (Å²) in [4.78, 5) is -1.36. The van der Waals surface area contributed by atoms with Crippen LogP contribution in [0.4, 0.5) is 0 Å². The molecule has 4 aromatic rings. The summed E-state index contributed by atoms with van der Waals surface area (Å²) in [5.74, 6) is -0.723. The molecule has 0 spiro atoms. The number of hydrogen-bond acceptors (Lipinski definition) is 9. The van der Waals surface area contributed by atoms with Gasteiger partial charge in [-0.3, -0.25) is 4.55 Å². The fourth-order valence-electron chi connectivity index (χ4n) is 6.27. The molecule has 4 aromatic carbocycles. The van der Waals surface area contributed by atoms with Crippen molar-refractivity contribution < 1.29 is 45.6 Å². The average Bonchev–Trinajstić information content (AvgIpc) is 3.15. The number of phenols is 1. The third-order valence-corrected chi connectivity index (χ3v) is 11.1. The van der Waals surface area contributed by atoms with Gasteiger partial charge in [0, 0.05) is 0 Å². The first-order chi connectivity index (χ1) is 26.8. The van der Waals surface area contributed by atoms with Crippen molar-refractivity contribution in [2.75, 3.05) is 0 Å². The van der Waals surface area contributed by atoms with Crippen molar-refractivity contribution >= 4 is 58.0 Å². The summed E-state index contributed by atoms with van der Waals surface area (Å²) in [5.41, 5.74) is 2.23. The van der Waals surface area contributed by atoms with E-state index in [4.69, 9.17) is 14.0 Å². The van der Waals surface area contributed by atoms with Gasteiger partial charge in [0.05, 0.1) is 4.90 Å². The molecule has 0 bridgehead atoms. The third kappa shape index (κ3) is 19.2. The van der Waals surface area contributed by atoms with Crippen LogP contribution in [0.15, 0.2) is 94.7 Å². The van der Waals surface area contributed by atoms with E-state index in [1.54, 1.807) is 12.1 Å². The van der Waals surface area contributed by atoms with Crippen LogP contribution in [0.1, 0.15) is 128 Å². The van der Waals surface area contributed by atoms with Gasteiger partial charge in [0.15, 0.2) is 11.5 Å². The van der Waals surface area contributed by atoms with Gasteiger partial charge in [-0.05, 0) is 91.1 Å². The number of ether oxygens (including phenoxy) is 2. The van der Waals surface area contributed by atoms with Crippen LogP contribution in [0.25, 0.3) is 0 Å². The Morgan fingerprint density at radius 3 is 1.37 bits per heavy atom. The van der Waals surface area contributed by atoms with Gasteiger partial charge in [0.2, 0.25) is 0 Å². The van der Waals surface area contributed by atoms with Gasteiger partial charge in [-0.2, -0.15) is 8.42 Å². The van der Waals surface area contributed by atoms with Gasteiger partial charge >= 0.3 is 37.7 Å². The van der Waals surface area contributed by atoms with E-state index in [9.17, 15) is 31.6 Å². The predicted molar refractivity (Wildman–Crippen MR) is 223 cm³/mol. The molecule has 0 aromatic heterocycles. The molecule has 0 aliphatic heterocycles. The molecule has 308 valence electrons. The zero-order valence-electron chi connectivity index (χ0n) is 33.5. The molecule has 0 atom stereocenters. The number of phenolic OH excluding ortho intramolecular Hbond substituents is 1. The van der Waals surface area contributed by atoms with Gasteiger partial charge < -0.3 is 24.2 Å². The molecule has 0 aliphatic carbocycles. The Morgan fingerprint density at radius 2 is 0.930 bits per heavy atom. The maximum atomic E-state index is 12.1. The molecule has 13 heteroatoms. The molecule has 4 rings (SSSR count). The molecule has 57 heavy (non-hydrogen) atoms. The van der Waals surface area contributed by atoms with E-state index in [1.807, 2.05) is 36.4 Å². The standard InChI is InChI=1S/2C22H30O5S.Ca/c2*1-2-3-4-5-6-7-8-9-12-18-13-10-14-19(17-18)27-20-15-11-16-21(22(20)23)28(24,25)26;/h2*10-11,13-17,23H,2-9,12H2,1H3,(H,24,25,26);/q;;+2/p-2. The molecule has 0 heterocycles. The van der Waals surface area contributed by atoms with Crippen LogP contribution in [0, 0.1) is 0 Å². The Balaban J connectivity index is 0.000000387. The number of benzene rings is 4. The Kier molecular flexibility index (Phi) is 23.8. The smallest absolute Gasteiger partial charge is 0.869 e.